The van der Waals surface area contributed by atoms with Gasteiger partial charge in [-0.25, -0.2) is 4.98 Å². The summed E-state index contributed by atoms with van der Waals surface area (Å²) in [5.74, 6) is 0.202. The van der Waals surface area contributed by atoms with Gasteiger partial charge in [0.2, 0.25) is 5.91 Å². The Morgan fingerprint density at radius 3 is 2.83 bits per heavy atom. The summed E-state index contributed by atoms with van der Waals surface area (Å²) >= 11 is 1.62. The number of hydrogen-bond donors (Lipinski definition) is 1. The van der Waals surface area contributed by atoms with E-state index in [0.717, 1.165) is 23.5 Å². The van der Waals surface area contributed by atoms with Crippen LogP contribution in [0.1, 0.15) is 49.9 Å². The Morgan fingerprint density at radius 2 is 2.28 bits per heavy atom. The molecule has 1 amide bonds. The summed E-state index contributed by atoms with van der Waals surface area (Å²) in [6.45, 7) is 6.07. The minimum absolute atomic E-state index is 0.0136. The Kier molecular flexibility index (Phi) is 4.02. The summed E-state index contributed by atoms with van der Waals surface area (Å²) in [6.07, 6.45) is 2.37. The summed E-state index contributed by atoms with van der Waals surface area (Å²) in [6, 6.07) is 0.0824. The summed E-state index contributed by atoms with van der Waals surface area (Å²) in [5.41, 5.74) is 7.23. The molecule has 2 atom stereocenters. The van der Waals surface area contributed by atoms with E-state index in [-0.39, 0.29) is 24.0 Å². The molecule has 2 N–H and O–H groups in total. The molecule has 2 unspecified atom stereocenters. The Labute approximate surface area is 112 Å². The van der Waals surface area contributed by atoms with Gasteiger partial charge >= 0.3 is 0 Å². The van der Waals surface area contributed by atoms with Crippen molar-refractivity contribution in [2.75, 3.05) is 0 Å². The van der Waals surface area contributed by atoms with Crippen LogP contribution in [0.2, 0.25) is 0 Å². The molecule has 0 bridgehead atoms. The van der Waals surface area contributed by atoms with Crippen molar-refractivity contribution in [3.05, 3.63) is 16.1 Å². The number of likely N-dealkylation sites (tertiary alicyclic amines) is 1. The fourth-order valence-electron chi connectivity index (χ4n) is 2.62. The molecule has 1 saturated heterocycles. The number of rotatable bonds is 2. The van der Waals surface area contributed by atoms with Crippen molar-refractivity contribution in [1.82, 2.24) is 9.88 Å². The van der Waals surface area contributed by atoms with E-state index in [9.17, 15) is 4.79 Å². The van der Waals surface area contributed by atoms with Crippen LogP contribution in [0.5, 0.6) is 0 Å². The van der Waals surface area contributed by atoms with E-state index in [4.69, 9.17) is 5.73 Å². The van der Waals surface area contributed by atoms with Crippen LogP contribution >= 0.6 is 11.3 Å². The van der Waals surface area contributed by atoms with Gasteiger partial charge in [0.1, 0.15) is 0 Å². The number of hydrogen-bond acceptors (Lipinski definition) is 4. The lowest BCUT2D eigenvalue weighted by molar-refractivity contribution is -0.135. The second-order valence-corrected chi connectivity index (χ2v) is 6.25. The number of nitrogens with two attached hydrogens (primary N) is 1. The molecule has 2 heterocycles. The van der Waals surface area contributed by atoms with Gasteiger partial charge in [-0.1, -0.05) is 0 Å². The number of nitrogens with zero attached hydrogens (tertiary/aromatic N) is 2. The van der Waals surface area contributed by atoms with E-state index >= 15 is 0 Å². The summed E-state index contributed by atoms with van der Waals surface area (Å²) in [4.78, 5) is 18.7. The van der Waals surface area contributed by atoms with Crippen molar-refractivity contribution in [3.8, 4) is 0 Å². The smallest absolute Gasteiger partial charge is 0.223 e. The molecule has 0 saturated carbocycles. The van der Waals surface area contributed by atoms with Crippen molar-refractivity contribution in [1.29, 1.82) is 0 Å². The van der Waals surface area contributed by atoms with E-state index in [1.165, 1.54) is 0 Å². The van der Waals surface area contributed by atoms with Crippen LogP contribution in [0.15, 0.2) is 5.38 Å². The van der Waals surface area contributed by atoms with Gasteiger partial charge in [-0.2, -0.15) is 0 Å². The number of thiazole rings is 1. The molecule has 0 radical (unpaired) electrons. The zero-order valence-corrected chi connectivity index (χ0v) is 12.0. The molecule has 1 fully saturated rings. The molecule has 1 aromatic heterocycles. The summed E-state index contributed by atoms with van der Waals surface area (Å²) in [7, 11) is 0. The molecule has 5 heteroatoms. The molecule has 100 valence electrons. The van der Waals surface area contributed by atoms with Gasteiger partial charge in [0.05, 0.1) is 16.7 Å². The number of carbonyl (C=O) groups is 1. The van der Waals surface area contributed by atoms with E-state index in [2.05, 4.69) is 4.98 Å². The first-order valence-electron chi connectivity index (χ1n) is 6.49. The molecule has 0 spiro atoms. The number of amides is 1. The fourth-order valence-corrected chi connectivity index (χ4v) is 3.27. The lowest BCUT2D eigenvalue weighted by Gasteiger charge is -2.35. The molecule has 1 aromatic rings. The Bertz CT molecular complexity index is 430. The van der Waals surface area contributed by atoms with Crippen LogP contribution in [0.25, 0.3) is 0 Å². The molecule has 1 aliphatic rings. The van der Waals surface area contributed by atoms with Crippen molar-refractivity contribution in [2.24, 2.45) is 5.73 Å². The predicted molar refractivity (Wildman–Crippen MR) is 73.4 cm³/mol. The monoisotopic (exact) mass is 267 g/mol. The maximum Gasteiger partial charge on any atom is 0.223 e. The van der Waals surface area contributed by atoms with E-state index < -0.39 is 0 Å². The third-order valence-electron chi connectivity index (χ3n) is 3.42. The number of aryl methyl sites for hydroxylation is 1. The summed E-state index contributed by atoms with van der Waals surface area (Å²) in [5, 5.41) is 3.06. The van der Waals surface area contributed by atoms with Gasteiger partial charge in [-0.3, -0.25) is 4.79 Å². The molecule has 18 heavy (non-hydrogen) atoms. The van der Waals surface area contributed by atoms with E-state index in [1.807, 2.05) is 31.1 Å². The normalized spacial score (nSPS) is 25.6. The van der Waals surface area contributed by atoms with Crippen molar-refractivity contribution in [3.63, 3.8) is 0 Å². The first kappa shape index (κ1) is 13.5. The third-order valence-corrected chi connectivity index (χ3v) is 4.21. The zero-order chi connectivity index (χ0) is 13.3. The second kappa shape index (κ2) is 5.36. The minimum atomic E-state index is -0.0649. The minimum Gasteiger partial charge on any atom is -0.330 e. The lowest BCUT2D eigenvalue weighted by atomic mass is 10.0. The quantitative estimate of drug-likeness (QED) is 0.894. The average Bonchev–Trinajstić information content (AvgIpc) is 2.64. The van der Waals surface area contributed by atoms with Gasteiger partial charge in [0.15, 0.2) is 0 Å². The Morgan fingerprint density at radius 1 is 1.56 bits per heavy atom. The van der Waals surface area contributed by atoms with Gasteiger partial charge in [0.25, 0.3) is 0 Å². The first-order chi connectivity index (χ1) is 8.50. The van der Waals surface area contributed by atoms with Crippen LogP contribution in [-0.2, 0) is 4.79 Å². The Hall–Kier alpha value is -0.940. The highest BCUT2D eigenvalue weighted by Crippen LogP contribution is 2.32. The second-order valence-electron chi connectivity index (χ2n) is 5.19. The Balaban J connectivity index is 2.38. The molecule has 4 nitrogen and oxygen atoms in total. The highest BCUT2D eigenvalue weighted by molar-refractivity contribution is 7.09. The highest BCUT2D eigenvalue weighted by Gasteiger charge is 2.35. The SMILES string of the molecule is Cc1nc(C2C(N)CCCC(=O)N2C(C)C)cs1. The molecule has 0 aromatic carbocycles. The highest BCUT2D eigenvalue weighted by atomic mass is 32.1. The van der Waals surface area contributed by atoms with Crippen LogP contribution < -0.4 is 5.73 Å². The lowest BCUT2D eigenvalue weighted by Crippen LogP contribution is -2.45. The molecule has 2 rings (SSSR count). The number of carbonyl (C=O) groups excluding carboxylic acids is 1. The first-order valence-corrected chi connectivity index (χ1v) is 7.37. The maximum atomic E-state index is 12.2. The predicted octanol–water partition coefficient (Wildman–Crippen LogP) is 2.24. The van der Waals surface area contributed by atoms with E-state index in [1.54, 1.807) is 11.3 Å². The van der Waals surface area contributed by atoms with Gasteiger partial charge in [-0.05, 0) is 33.6 Å². The van der Waals surface area contributed by atoms with Crippen molar-refractivity contribution in [2.45, 2.75) is 58.2 Å². The maximum absolute atomic E-state index is 12.2. The largest absolute Gasteiger partial charge is 0.330 e. The fraction of sp³-hybridized carbons (Fsp3) is 0.692. The molecule has 0 aliphatic carbocycles. The standard InChI is InChI=1S/C13H21N3OS/c1-8(2)16-12(17)6-4-5-10(14)13(16)11-7-18-9(3)15-11/h7-8,10,13H,4-6,14H2,1-3H3. The number of aromatic nitrogens is 1. The average molecular weight is 267 g/mol. The topological polar surface area (TPSA) is 59.2 Å². The van der Waals surface area contributed by atoms with Crippen molar-refractivity contribution >= 4 is 17.2 Å². The van der Waals surface area contributed by atoms with Crippen LogP contribution in [0, 0.1) is 6.92 Å². The molecular formula is C13H21N3OS. The third kappa shape index (κ3) is 2.57. The molecule has 1 aliphatic heterocycles. The van der Waals surface area contributed by atoms with Crippen LogP contribution in [-0.4, -0.2) is 27.9 Å². The van der Waals surface area contributed by atoms with Crippen LogP contribution in [0.4, 0.5) is 0 Å². The van der Waals surface area contributed by atoms with Gasteiger partial charge in [-0.15, -0.1) is 11.3 Å². The van der Waals surface area contributed by atoms with Gasteiger partial charge < -0.3 is 10.6 Å². The van der Waals surface area contributed by atoms with E-state index in [0.29, 0.717) is 6.42 Å². The van der Waals surface area contributed by atoms with Gasteiger partial charge in [0, 0.05) is 23.9 Å². The summed E-state index contributed by atoms with van der Waals surface area (Å²) < 4.78 is 0. The molecular weight excluding hydrogens is 246 g/mol. The van der Waals surface area contributed by atoms with Crippen molar-refractivity contribution < 1.29 is 4.79 Å². The van der Waals surface area contributed by atoms with Crippen LogP contribution in [0.3, 0.4) is 0 Å². The zero-order valence-electron chi connectivity index (χ0n) is 11.2.